The minimum Gasteiger partial charge on any atom is -0.496 e. The lowest BCUT2D eigenvalue weighted by Crippen LogP contribution is -1.92. The lowest BCUT2D eigenvalue weighted by atomic mass is 10.1. The summed E-state index contributed by atoms with van der Waals surface area (Å²) in [6.45, 7) is 2.67. The molecule has 1 aromatic carbocycles. The highest BCUT2D eigenvalue weighted by molar-refractivity contribution is 7.06. The molecule has 0 aliphatic heterocycles. The third-order valence-electron chi connectivity index (χ3n) is 2.71. The van der Waals surface area contributed by atoms with E-state index < -0.39 is 0 Å². The fourth-order valence-corrected chi connectivity index (χ4v) is 2.32. The molecule has 2 N–H and O–H groups in total. The summed E-state index contributed by atoms with van der Waals surface area (Å²) in [6, 6.07) is 8.24. The van der Waals surface area contributed by atoms with Gasteiger partial charge in [-0.05, 0) is 41.7 Å². The van der Waals surface area contributed by atoms with Gasteiger partial charge >= 0.3 is 0 Å². The zero-order valence-electron chi connectivity index (χ0n) is 10.1. The van der Waals surface area contributed by atoms with Gasteiger partial charge in [-0.2, -0.15) is 4.37 Å². The molecule has 0 aliphatic carbocycles. The molecule has 2 aromatic rings. The van der Waals surface area contributed by atoms with Crippen molar-refractivity contribution in [3.05, 3.63) is 34.7 Å². The molecule has 0 saturated carbocycles. The third kappa shape index (κ3) is 2.48. The SMILES string of the molecule is CCc1ccc(OC)c(-c2cc(CN)sn2)c1. The highest BCUT2D eigenvalue weighted by Gasteiger charge is 2.10. The first kappa shape index (κ1) is 12.1. The molecular formula is C13H16N2OS. The van der Waals surface area contributed by atoms with Crippen LogP contribution in [0.1, 0.15) is 17.4 Å². The van der Waals surface area contributed by atoms with Crippen LogP contribution in [0.5, 0.6) is 5.75 Å². The number of hydrogen-bond acceptors (Lipinski definition) is 4. The molecule has 1 aromatic heterocycles. The Kier molecular flexibility index (Phi) is 3.76. The van der Waals surface area contributed by atoms with Crippen LogP contribution in [0.2, 0.25) is 0 Å². The Labute approximate surface area is 105 Å². The van der Waals surface area contributed by atoms with Crippen molar-refractivity contribution >= 4 is 11.5 Å². The third-order valence-corrected chi connectivity index (χ3v) is 3.52. The van der Waals surface area contributed by atoms with Crippen LogP contribution in [0.15, 0.2) is 24.3 Å². The fraction of sp³-hybridized carbons (Fsp3) is 0.308. The summed E-state index contributed by atoms with van der Waals surface area (Å²) in [6.07, 6.45) is 1.00. The molecule has 0 fully saturated rings. The Hall–Kier alpha value is -1.39. The Morgan fingerprint density at radius 1 is 1.35 bits per heavy atom. The monoisotopic (exact) mass is 248 g/mol. The quantitative estimate of drug-likeness (QED) is 0.905. The maximum atomic E-state index is 5.61. The van der Waals surface area contributed by atoms with E-state index in [1.54, 1.807) is 7.11 Å². The van der Waals surface area contributed by atoms with Crippen molar-refractivity contribution in [2.75, 3.05) is 7.11 Å². The summed E-state index contributed by atoms with van der Waals surface area (Å²) in [4.78, 5) is 1.09. The summed E-state index contributed by atoms with van der Waals surface area (Å²) in [5, 5.41) is 0. The van der Waals surface area contributed by atoms with Gasteiger partial charge in [0.05, 0.1) is 12.8 Å². The lowest BCUT2D eigenvalue weighted by molar-refractivity contribution is 0.416. The molecule has 0 radical (unpaired) electrons. The van der Waals surface area contributed by atoms with Crippen LogP contribution in [-0.4, -0.2) is 11.5 Å². The molecule has 0 aliphatic rings. The summed E-state index contributed by atoms with van der Waals surface area (Å²) in [7, 11) is 1.68. The largest absolute Gasteiger partial charge is 0.496 e. The van der Waals surface area contributed by atoms with E-state index in [1.165, 1.54) is 17.1 Å². The summed E-state index contributed by atoms with van der Waals surface area (Å²) < 4.78 is 9.80. The van der Waals surface area contributed by atoms with Crippen LogP contribution in [0.3, 0.4) is 0 Å². The molecule has 0 amide bonds. The first-order chi connectivity index (χ1) is 8.28. The van der Waals surface area contributed by atoms with E-state index in [-0.39, 0.29) is 0 Å². The highest BCUT2D eigenvalue weighted by Crippen LogP contribution is 2.31. The average Bonchev–Trinajstić information content (AvgIpc) is 2.86. The first-order valence-corrected chi connectivity index (χ1v) is 6.38. The number of methoxy groups -OCH3 is 1. The molecule has 2 rings (SSSR count). The normalized spacial score (nSPS) is 10.5. The van der Waals surface area contributed by atoms with Gasteiger partial charge in [-0.1, -0.05) is 13.0 Å². The van der Waals surface area contributed by atoms with E-state index in [0.717, 1.165) is 28.3 Å². The number of aryl methyl sites for hydroxylation is 1. The van der Waals surface area contributed by atoms with Gasteiger partial charge in [0, 0.05) is 17.0 Å². The number of rotatable bonds is 4. The van der Waals surface area contributed by atoms with Gasteiger partial charge in [0.2, 0.25) is 0 Å². The maximum Gasteiger partial charge on any atom is 0.128 e. The molecule has 1 heterocycles. The van der Waals surface area contributed by atoms with E-state index in [2.05, 4.69) is 23.4 Å². The summed E-state index contributed by atoms with van der Waals surface area (Å²) >= 11 is 1.45. The van der Waals surface area contributed by atoms with Gasteiger partial charge in [0.15, 0.2) is 0 Å². The molecule has 3 nitrogen and oxygen atoms in total. The lowest BCUT2D eigenvalue weighted by Gasteiger charge is -2.07. The summed E-state index contributed by atoms with van der Waals surface area (Å²) in [5.41, 5.74) is 8.88. The predicted octanol–water partition coefficient (Wildman–Crippen LogP) is 2.84. The maximum absolute atomic E-state index is 5.61. The van der Waals surface area contributed by atoms with Crippen molar-refractivity contribution in [2.45, 2.75) is 19.9 Å². The van der Waals surface area contributed by atoms with Crippen LogP contribution >= 0.6 is 11.5 Å². The van der Waals surface area contributed by atoms with Crippen LogP contribution < -0.4 is 10.5 Å². The van der Waals surface area contributed by atoms with Crippen molar-refractivity contribution in [2.24, 2.45) is 5.73 Å². The highest BCUT2D eigenvalue weighted by atomic mass is 32.1. The summed E-state index contributed by atoms with van der Waals surface area (Å²) in [5.74, 6) is 0.857. The van der Waals surface area contributed by atoms with Crippen molar-refractivity contribution in [3.63, 3.8) is 0 Å². The van der Waals surface area contributed by atoms with Gasteiger partial charge in [-0.3, -0.25) is 0 Å². The molecule has 0 spiro atoms. The van der Waals surface area contributed by atoms with Gasteiger partial charge in [0.1, 0.15) is 5.75 Å². The Balaban J connectivity index is 2.47. The number of ether oxygens (including phenoxy) is 1. The Bertz CT molecular complexity index is 508. The standard InChI is InChI=1S/C13H16N2OS/c1-3-9-4-5-13(16-2)11(6-9)12-7-10(8-14)17-15-12/h4-7H,3,8,14H2,1-2H3. The van der Waals surface area contributed by atoms with Crippen molar-refractivity contribution in [1.82, 2.24) is 4.37 Å². The first-order valence-electron chi connectivity index (χ1n) is 5.61. The number of nitrogens with two attached hydrogens (primary N) is 1. The van der Waals surface area contributed by atoms with Crippen molar-refractivity contribution in [3.8, 4) is 17.0 Å². The van der Waals surface area contributed by atoms with E-state index in [9.17, 15) is 0 Å². The molecule has 0 saturated heterocycles. The average molecular weight is 248 g/mol. The minimum absolute atomic E-state index is 0.535. The smallest absolute Gasteiger partial charge is 0.128 e. The Morgan fingerprint density at radius 3 is 2.76 bits per heavy atom. The Morgan fingerprint density at radius 2 is 2.18 bits per heavy atom. The molecule has 4 heteroatoms. The minimum atomic E-state index is 0.535. The van der Waals surface area contributed by atoms with E-state index >= 15 is 0 Å². The molecule has 0 atom stereocenters. The van der Waals surface area contributed by atoms with Crippen LogP contribution in [0.25, 0.3) is 11.3 Å². The number of benzene rings is 1. The van der Waals surface area contributed by atoms with E-state index in [4.69, 9.17) is 10.5 Å². The second-order valence-electron chi connectivity index (χ2n) is 3.77. The van der Waals surface area contributed by atoms with Crippen LogP contribution in [-0.2, 0) is 13.0 Å². The van der Waals surface area contributed by atoms with Crippen LogP contribution in [0, 0.1) is 0 Å². The predicted molar refractivity (Wildman–Crippen MR) is 71.4 cm³/mol. The van der Waals surface area contributed by atoms with Gasteiger partial charge in [0.25, 0.3) is 0 Å². The molecule has 90 valence electrons. The van der Waals surface area contributed by atoms with Gasteiger partial charge in [-0.15, -0.1) is 0 Å². The van der Waals surface area contributed by atoms with Crippen molar-refractivity contribution < 1.29 is 4.74 Å². The number of hydrogen-bond donors (Lipinski definition) is 1. The van der Waals surface area contributed by atoms with Crippen LogP contribution in [0.4, 0.5) is 0 Å². The zero-order chi connectivity index (χ0) is 12.3. The number of aromatic nitrogens is 1. The van der Waals surface area contributed by atoms with E-state index in [0.29, 0.717) is 6.54 Å². The molecule has 0 unspecified atom stereocenters. The second kappa shape index (κ2) is 5.29. The topological polar surface area (TPSA) is 48.1 Å². The zero-order valence-corrected chi connectivity index (χ0v) is 10.9. The number of nitrogens with zero attached hydrogens (tertiary/aromatic N) is 1. The van der Waals surface area contributed by atoms with Gasteiger partial charge in [-0.25, -0.2) is 0 Å². The van der Waals surface area contributed by atoms with Gasteiger partial charge < -0.3 is 10.5 Å². The van der Waals surface area contributed by atoms with Crippen molar-refractivity contribution in [1.29, 1.82) is 0 Å². The second-order valence-corrected chi connectivity index (χ2v) is 4.66. The molecular weight excluding hydrogens is 232 g/mol. The molecule has 17 heavy (non-hydrogen) atoms. The van der Waals surface area contributed by atoms with E-state index in [1.807, 2.05) is 12.1 Å². The fourth-order valence-electron chi connectivity index (χ4n) is 1.71. The molecule has 0 bridgehead atoms.